The summed E-state index contributed by atoms with van der Waals surface area (Å²) in [5, 5.41) is 19.0. The molecular formula is C20H22N4O4. The van der Waals surface area contributed by atoms with Gasteiger partial charge in [0.05, 0.1) is 29.6 Å². The zero-order valence-corrected chi connectivity index (χ0v) is 15.8. The maximum Gasteiger partial charge on any atom is 0.357 e. The third-order valence-corrected chi connectivity index (χ3v) is 5.16. The highest BCUT2D eigenvalue weighted by Gasteiger charge is 2.25. The van der Waals surface area contributed by atoms with Crippen molar-refractivity contribution in [1.82, 2.24) is 4.57 Å². The van der Waals surface area contributed by atoms with Crippen LogP contribution in [0.2, 0.25) is 0 Å². The molecule has 0 amide bonds. The van der Waals surface area contributed by atoms with Gasteiger partial charge in [-0.2, -0.15) is 5.26 Å². The SMILES string of the molecule is COC(=O)c1c(N)c(C#N)cn1-c1ccc(N2CCC(C)CC2)c(C(=O)O)c1. The van der Waals surface area contributed by atoms with E-state index in [2.05, 4.69) is 11.8 Å². The number of carbonyl (C=O) groups is 2. The molecule has 0 radical (unpaired) electrons. The van der Waals surface area contributed by atoms with Crippen molar-refractivity contribution < 1.29 is 19.4 Å². The third-order valence-electron chi connectivity index (χ3n) is 5.16. The topological polar surface area (TPSA) is 122 Å². The Morgan fingerprint density at radius 3 is 2.57 bits per heavy atom. The van der Waals surface area contributed by atoms with Crippen molar-refractivity contribution in [3.05, 3.63) is 41.2 Å². The van der Waals surface area contributed by atoms with E-state index in [1.165, 1.54) is 23.9 Å². The Balaban J connectivity index is 2.10. The molecule has 0 saturated carbocycles. The van der Waals surface area contributed by atoms with Crippen LogP contribution in [0.25, 0.3) is 5.69 Å². The minimum absolute atomic E-state index is 0.000296. The van der Waals surface area contributed by atoms with Gasteiger partial charge in [0, 0.05) is 25.0 Å². The normalized spacial score (nSPS) is 14.5. The highest BCUT2D eigenvalue weighted by molar-refractivity contribution is 5.97. The van der Waals surface area contributed by atoms with Gasteiger partial charge in [0.15, 0.2) is 5.69 Å². The van der Waals surface area contributed by atoms with Crippen LogP contribution in [-0.4, -0.2) is 41.8 Å². The van der Waals surface area contributed by atoms with Crippen molar-refractivity contribution in [2.24, 2.45) is 5.92 Å². The molecule has 1 aliphatic rings. The monoisotopic (exact) mass is 382 g/mol. The molecule has 1 aliphatic heterocycles. The smallest absolute Gasteiger partial charge is 0.357 e. The predicted molar refractivity (Wildman–Crippen MR) is 104 cm³/mol. The second-order valence-corrected chi connectivity index (χ2v) is 6.95. The van der Waals surface area contributed by atoms with Crippen molar-refractivity contribution in [2.45, 2.75) is 19.8 Å². The van der Waals surface area contributed by atoms with Crippen molar-refractivity contribution in [1.29, 1.82) is 5.26 Å². The summed E-state index contributed by atoms with van der Waals surface area (Å²) in [6.07, 6.45) is 3.42. The van der Waals surface area contributed by atoms with Gasteiger partial charge < -0.3 is 25.0 Å². The number of methoxy groups -OCH3 is 1. The van der Waals surface area contributed by atoms with E-state index < -0.39 is 11.9 Å². The average molecular weight is 382 g/mol. The Morgan fingerprint density at radius 2 is 2.00 bits per heavy atom. The van der Waals surface area contributed by atoms with Crippen LogP contribution in [0.15, 0.2) is 24.4 Å². The fourth-order valence-electron chi connectivity index (χ4n) is 3.49. The number of rotatable bonds is 4. The van der Waals surface area contributed by atoms with Gasteiger partial charge in [-0.05, 0) is 37.0 Å². The molecule has 8 heteroatoms. The predicted octanol–water partition coefficient (Wildman–Crippen LogP) is 2.65. The standard InChI is InChI=1S/C20H22N4O4/c1-12-5-7-23(8-6-12)16-4-3-14(9-15(16)19(25)26)24-11-13(10-21)17(22)18(24)20(27)28-2/h3-4,9,11-12H,5-8,22H2,1-2H3,(H,25,26). The van der Waals surface area contributed by atoms with Gasteiger partial charge in [-0.25, -0.2) is 9.59 Å². The summed E-state index contributed by atoms with van der Waals surface area (Å²) in [6, 6.07) is 6.87. The van der Waals surface area contributed by atoms with Crippen LogP contribution in [-0.2, 0) is 4.74 Å². The average Bonchev–Trinajstić information content (AvgIpc) is 3.04. The molecule has 28 heavy (non-hydrogen) atoms. The number of anilines is 2. The van der Waals surface area contributed by atoms with Crippen LogP contribution in [0.1, 0.15) is 46.2 Å². The van der Waals surface area contributed by atoms with Crippen molar-refractivity contribution in [3.63, 3.8) is 0 Å². The maximum absolute atomic E-state index is 12.2. The van der Waals surface area contributed by atoms with Gasteiger partial charge in [0.1, 0.15) is 6.07 Å². The maximum atomic E-state index is 12.2. The number of nitrogens with zero attached hydrogens (tertiary/aromatic N) is 3. The number of carboxylic acids is 1. The molecule has 3 N–H and O–H groups in total. The molecule has 1 aromatic heterocycles. The number of nitrogen functional groups attached to an aromatic ring is 1. The van der Waals surface area contributed by atoms with E-state index in [9.17, 15) is 20.0 Å². The van der Waals surface area contributed by atoms with Crippen LogP contribution in [0, 0.1) is 17.2 Å². The lowest BCUT2D eigenvalue weighted by atomic mass is 9.98. The number of esters is 1. The Labute approximate surface area is 162 Å². The zero-order valence-electron chi connectivity index (χ0n) is 15.8. The number of hydrogen-bond donors (Lipinski definition) is 2. The zero-order chi connectivity index (χ0) is 20.4. The van der Waals surface area contributed by atoms with Gasteiger partial charge in [0.25, 0.3) is 0 Å². The molecule has 0 bridgehead atoms. The summed E-state index contributed by atoms with van der Waals surface area (Å²) in [7, 11) is 1.22. The highest BCUT2D eigenvalue weighted by atomic mass is 16.5. The molecule has 1 aromatic carbocycles. The van der Waals surface area contributed by atoms with Gasteiger partial charge >= 0.3 is 11.9 Å². The molecule has 3 rings (SSSR count). The third kappa shape index (κ3) is 3.39. The Hall–Kier alpha value is -3.47. The van der Waals surface area contributed by atoms with Crippen LogP contribution < -0.4 is 10.6 Å². The van der Waals surface area contributed by atoms with E-state index in [1.807, 2.05) is 6.07 Å². The molecule has 146 valence electrons. The number of piperidine rings is 1. The molecule has 0 aliphatic carbocycles. The number of aromatic carboxylic acids is 1. The molecule has 0 atom stereocenters. The van der Waals surface area contributed by atoms with E-state index in [-0.39, 0.29) is 22.5 Å². The molecule has 0 spiro atoms. The first-order valence-corrected chi connectivity index (χ1v) is 8.99. The van der Waals surface area contributed by atoms with Crippen LogP contribution in [0.3, 0.4) is 0 Å². The van der Waals surface area contributed by atoms with E-state index in [4.69, 9.17) is 10.5 Å². The van der Waals surface area contributed by atoms with E-state index in [1.54, 1.807) is 12.1 Å². The number of hydrogen-bond acceptors (Lipinski definition) is 6. The van der Waals surface area contributed by atoms with E-state index in [0.717, 1.165) is 25.9 Å². The first kappa shape index (κ1) is 19.3. The van der Waals surface area contributed by atoms with Gasteiger partial charge in [-0.3, -0.25) is 0 Å². The number of benzene rings is 1. The van der Waals surface area contributed by atoms with Gasteiger partial charge in [-0.15, -0.1) is 0 Å². The van der Waals surface area contributed by atoms with Crippen LogP contribution in [0.5, 0.6) is 0 Å². The molecule has 8 nitrogen and oxygen atoms in total. The summed E-state index contributed by atoms with van der Waals surface area (Å²) in [4.78, 5) is 26.1. The molecule has 2 heterocycles. The molecular weight excluding hydrogens is 360 g/mol. The minimum Gasteiger partial charge on any atom is -0.478 e. The fraction of sp³-hybridized carbons (Fsp3) is 0.350. The number of aromatic nitrogens is 1. The summed E-state index contributed by atoms with van der Waals surface area (Å²) in [5.41, 5.74) is 7.22. The summed E-state index contributed by atoms with van der Waals surface area (Å²) < 4.78 is 6.17. The molecule has 2 aromatic rings. The second-order valence-electron chi connectivity index (χ2n) is 6.95. The van der Waals surface area contributed by atoms with Crippen molar-refractivity contribution in [3.8, 4) is 11.8 Å². The summed E-state index contributed by atoms with van der Waals surface area (Å²) in [5.74, 6) is -1.14. The van der Waals surface area contributed by atoms with Crippen molar-refractivity contribution in [2.75, 3.05) is 30.8 Å². The van der Waals surface area contributed by atoms with Gasteiger partial charge in [0.2, 0.25) is 0 Å². The van der Waals surface area contributed by atoms with Crippen LogP contribution in [0.4, 0.5) is 11.4 Å². The summed E-state index contributed by atoms with van der Waals surface area (Å²) in [6.45, 7) is 3.78. The molecule has 0 unspecified atom stereocenters. The molecule has 1 fully saturated rings. The summed E-state index contributed by atoms with van der Waals surface area (Å²) >= 11 is 0. The molecule has 1 saturated heterocycles. The largest absolute Gasteiger partial charge is 0.478 e. The number of ether oxygens (including phenoxy) is 1. The second kappa shape index (κ2) is 7.64. The minimum atomic E-state index is -1.06. The van der Waals surface area contributed by atoms with E-state index in [0.29, 0.717) is 17.3 Å². The lowest BCUT2D eigenvalue weighted by Crippen LogP contribution is -2.33. The Kier molecular flexibility index (Phi) is 5.27. The quantitative estimate of drug-likeness (QED) is 0.780. The number of carbonyl (C=O) groups excluding carboxylic acids is 1. The first-order valence-electron chi connectivity index (χ1n) is 8.99. The van der Waals surface area contributed by atoms with E-state index >= 15 is 0 Å². The van der Waals surface area contributed by atoms with Crippen molar-refractivity contribution >= 4 is 23.3 Å². The Bertz CT molecular complexity index is 965. The van der Waals surface area contributed by atoms with Gasteiger partial charge in [-0.1, -0.05) is 6.92 Å². The fourth-order valence-corrected chi connectivity index (χ4v) is 3.49. The number of carboxylic acid groups (broad SMARTS) is 1. The number of nitrogens with two attached hydrogens (primary N) is 1. The lowest BCUT2D eigenvalue weighted by Gasteiger charge is -2.33. The van der Waals surface area contributed by atoms with Crippen LogP contribution >= 0.6 is 0 Å². The highest BCUT2D eigenvalue weighted by Crippen LogP contribution is 2.30. The first-order chi connectivity index (χ1) is 13.4. The Morgan fingerprint density at radius 1 is 1.32 bits per heavy atom. The lowest BCUT2D eigenvalue weighted by molar-refractivity contribution is 0.0592. The number of nitriles is 1.